The van der Waals surface area contributed by atoms with Gasteiger partial charge in [0.15, 0.2) is 0 Å². The van der Waals surface area contributed by atoms with Gasteiger partial charge in [-0.1, -0.05) is 24.3 Å². The zero-order valence-electron chi connectivity index (χ0n) is 13.5. The summed E-state index contributed by atoms with van der Waals surface area (Å²) in [5.41, 5.74) is 2.17. The van der Waals surface area contributed by atoms with Gasteiger partial charge >= 0.3 is 0 Å². The number of rotatable bonds is 3. The highest BCUT2D eigenvalue weighted by Crippen LogP contribution is 2.38. The van der Waals surface area contributed by atoms with Crippen molar-refractivity contribution in [2.24, 2.45) is 0 Å². The van der Waals surface area contributed by atoms with Crippen molar-refractivity contribution in [3.8, 4) is 0 Å². The quantitative estimate of drug-likeness (QED) is 0.611. The summed E-state index contributed by atoms with van der Waals surface area (Å²) >= 11 is 2.22. The van der Waals surface area contributed by atoms with Crippen LogP contribution >= 0.6 is 22.6 Å². The highest BCUT2D eigenvalue weighted by Gasteiger charge is 2.35. The molecule has 3 aromatic rings. The number of nitrogens with zero attached hydrogens (tertiary/aromatic N) is 1. The van der Waals surface area contributed by atoms with Crippen LogP contribution in [0, 0.1) is 3.57 Å². The number of anilines is 2. The minimum Gasteiger partial charge on any atom is -0.324 e. The van der Waals surface area contributed by atoms with E-state index in [1.165, 1.54) is 0 Å². The first-order chi connectivity index (χ1) is 12.1. The molecule has 1 aliphatic rings. The molecule has 0 spiro atoms. The summed E-state index contributed by atoms with van der Waals surface area (Å²) in [6.07, 6.45) is 0. The molecule has 2 amide bonds. The fourth-order valence-electron chi connectivity index (χ4n) is 3.22. The number of benzene rings is 3. The van der Waals surface area contributed by atoms with E-state index in [-0.39, 0.29) is 11.8 Å². The minimum absolute atomic E-state index is 0.128. The average Bonchev–Trinajstić information content (AvgIpc) is 2.91. The van der Waals surface area contributed by atoms with Crippen molar-refractivity contribution in [2.45, 2.75) is 13.0 Å². The Morgan fingerprint density at radius 1 is 1.04 bits per heavy atom. The van der Waals surface area contributed by atoms with E-state index in [9.17, 15) is 9.59 Å². The van der Waals surface area contributed by atoms with Gasteiger partial charge in [-0.3, -0.25) is 14.5 Å². The Kier molecular flexibility index (Phi) is 3.95. The fraction of sp³-hybridized carbons (Fsp3) is 0.100. The van der Waals surface area contributed by atoms with Gasteiger partial charge in [0.1, 0.15) is 6.04 Å². The summed E-state index contributed by atoms with van der Waals surface area (Å²) in [6, 6.07) is 18.4. The molecule has 0 saturated heterocycles. The summed E-state index contributed by atoms with van der Waals surface area (Å²) < 4.78 is 1.10. The summed E-state index contributed by atoms with van der Waals surface area (Å²) in [5, 5.41) is 4.82. The van der Waals surface area contributed by atoms with Crippen molar-refractivity contribution < 1.29 is 9.59 Å². The second kappa shape index (κ2) is 6.15. The van der Waals surface area contributed by atoms with Crippen molar-refractivity contribution in [2.75, 3.05) is 10.2 Å². The Hall–Kier alpha value is -2.41. The lowest BCUT2D eigenvalue weighted by Gasteiger charge is -2.24. The summed E-state index contributed by atoms with van der Waals surface area (Å²) in [7, 11) is 0. The molecule has 1 heterocycles. The van der Waals surface area contributed by atoms with Crippen LogP contribution in [0.3, 0.4) is 0 Å². The Bertz CT molecular complexity index is 993. The predicted octanol–water partition coefficient (Wildman–Crippen LogP) is 4.43. The second-order valence-electron chi connectivity index (χ2n) is 6.03. The maximum atomic E-state index is 12.9. The van der Waals surface area contributed by atoms with Crippen LogP contribution in [-0.2, 0) is 4.79 Å². The van der Waals surface area contributed by atoms with Gasteiger partial charge in [-0.05, 0) is 71.3 Å². The Morgan fingerprint density at radius 3 is 2.44 bits per heavy atom. The fourth-order valence-corrected chi connectivity index (χ4v) is 3.58. The highest BCUT2D eigenvalue weighted by molar-refractivity contribution is 14.1. The molecule has 1 atom stereocenters. The van der Waals surface area contributed by atoms with Crippen LogP contribution in [-0.4, -0.2) is 17.9 Å². The first-order valence-electron chi connectivity index (χ1n) is 7.98. The molecule has 25 heavy (non-hydrogen) atoms. The van der Waals surface area contributed by atoms with E-state index in [2.05, 4.69) is 27.9 Å². The smallest absolute Gasteiger partial charge is 0.259 e. The zero-order chi connectivity index (χ0) is 17.6. The van der Waals surface area contributed by atoms with Gasteiger partial charge in [0.05, 0.1) is 5.69 Å². The molecule has 124 valence electrons. The summed E-state index contributed by atoms with van der Waals surface area (Å²) in [4.78, 5) is 27.1. The topological polar surface area (TPSA) is 49.4 Å². The number of hydrogen-bond donors (Lipinski definition) is 1. The number of carbonyl (C=O) groups is 2. The van der Waals surface area contributed by atoms with Crippen molar-refractivity contribution in [3.05, 3.63) is 69.8 Å². The van der Waals surface area contributed by atoms with Crippen LogP contribution in [0.1, 0.15) is 17.3 Å². The van der Waals surface area contributed by atoms with Crippen molar-refractivity contribution in [1.82, 2.24) is 0 Å². The van der Waals surface area contributed by atoms with E-state index in [1.54, 1.807) is 11.8 Å². The molecule has 0 aliphatic carbocycles. The molecule has 5 heteroatoms. The molecule has 0 saturated carbocycles. The van der Waals surface area contributed by atoms with Crippen LogP contribution in [0.25, 0.3) is 10.8 Å². The highest BCUT2D eigenvalue weighted by atomic mass is 127. The molecule has 0 fully saturated rings. The monoisotopic (exact) mass is 442 g/mol. The Balaban J connectivity index is 1.66. The van der Waals surface area contributed by atoms with Gasteiger partial charge < -0.3 is 5.32 Å². The lowest BCUT2D eigenvalue weighted by Crippen LogP contribution is -2.44. The normalized spacial score (nSPS) is 14.0. The largest absolute Gasteiger partial charge is 0.324 e. The average molecular weight is 442 g/mol. The standard InChI is InChI=1S/C20H15IN2O2/c1-12(19(24)22-15-10-8-14(21)9-11-15)23-17-7-3-5-13-4-2-6-16(18(13)17)20(23)25/h2-12H,1H3,(H,22,24). The van der Waals surface area contributed by atoms with Crippen LogP contribution < -0.4 is 10.2 Å². The maximum Gasteiger partial charge on any atom is 0.259 e. The van der Waals surface area contributed by atoms with E-state index in [1.807, 2.05) is 60.7 Å². The molecule has 3 aromatic carbocycles. The molecule has 0 radical (unpaired) electrons. The first kappa shape index (κ1) is 16.1. The van der Waals surface area contributed by atoms with Gasteiger partial charge in [-0.2, -0.15) is 0 Å². The molecule has 0 bridgehead atoms. The predicted molar refractivity (Wildman–Crippen MR) is 108 cm³/mol. The zero-order valence-corrected chi connectivity index (χ0v) is 15.7. The van der Waals surface area contributed by atoms with Crippen molar-refractivity contribution in [3.63, 3.8) is 0 Å². The van der Waals surface area contributed by atoms with Gasteiger partial charge in [0.25, 0.3) is 5.91 Å². The second-order valence-corrected chi connectivity index (χ2v) is 7.27. The number of amides is 2. The third-order valence-corrected chi connectivity index (χ3v) is 5.19. The Morgan fingerprint density at radius 2 is 1.72 bits per heavy atom. The van der Waals surface area contributed by atoms with Crippen molar-refractivity contribution in [1.29, 1.82) is 0 Å². The van der Waals surface area contributed by atoms with Crippen LogP contribution in [0.4, 0.5) is 11.4 Å². The van der Waals surface area contributed by atoms with Gasteiger partial charge in [-0.15, -0.1) is 0 Å². The lowest BCUT2D eigenvalue weighted by molar-refractivity contribution is -0.117. The van der Waals surface area contributed by atoms with Crippen LogP contribution in [0.5, 0.6) is 0 Å². The SMILES string of the molecule is CC(C(=O)Nc1ccc(I)cc1)N1C(=O)c2cccc3cccc1c23. The van der Waals surface area contributed by atoms with Gasteiger partial charge in [0, 0.05) is 20.2 Å². The number of carbonyl (C=O) groups excluding carboxylic acids is 2. The molecule has 1 N–H and O–H groups in total. The first-order valence-corrected chi connectivity index (χ1v) is 9.06. The molecule has 1 unspecified atom stereocenters. The van der Waals surface area contributed by atoms with Crippen LogP contribution in [0.2, 0.25) is 0 Å². The maximum absolute atomic E-state index is 12.9. The summed E-state index contributed by atoms with van der Waals surface area (Å²) in [5.74, 6) is -0.337. The molecular formula is C20H15IN2O2. The third-order valence-electron chi connectivity index (χ3n) is 4.47. The van der Waals surface area contributed by atoms with E-state index in [0.717, 1.165) is 25.7 Å². The van der Waals surface area contributed by atoms with E-state index in [4.69, 9.17) is 0 Å². The number of hydrogen-bond acceptors (Lipinski definition) is 2. The third kappa shape index (κ3) is 2.68. The lowest BCUT2D eigenvalue weighted by atomic mass is 10.1. The van der Waals surface area contributed by atoms with Gasteiger partial charge in [0.2, 0.25) is 5.91 Å². The molecule has 4 nitrogen and oxygen atoms in total. The van der Waals surface area contributed by atoms with Gasteiger partial charge in [-0.25, -0.2) is 0 Å². The molecular weight excluding hydrogens is 427 g/mol. The van der Waals surface area contributed by atoms with E-state index < -0.39 is 6.04 Å². The molecule has 1 aliphatic heterocycles. The minimum atomic E-state index is -0.607. The molecule has 4 rings (SSSR count). The molecule has 0 aromatic heterocycles. The van der Waals surface area contributed by atoms with E-state index >= 15 is 0 Å². The summed E-state index contributed by atoms with van der Waals surface area (Å²) in [6.45, 7) is 1.75. The van der Waals surface area contributed by atoms with E-state index in [0.29, 0.717) is 5.56 Å². The van der Waals surface area contributed by atoms with Crippen molar-refractivity contribution >= 4 is 56.6 Å². The van der Waals surface area contributed by atoms with Crippen LogP contribution in [0.15, 0.2) is 60.7 Å². The number of nitrogens with one attached hydrogen (secondary N) is 1. The Labute approximate surface area is 159 Å². The number of halogens is 1.